The molecule has 0 unspecified atom stereocenters. The molecule has 31 heavy (non-hydrogen) atoms. The maximum atomic E-state index is 11.0. The Balaban J connectivity index is 1.27. The van der Waals surface area contributed by atoms with Crippen molar-refractivity contribution in [1.82, 2.24) is 9.47 Å². The zero-order valence-electron chi connectivity index (χ0n) is 17.8. The van der Waals surface area contributed by atoms with E-state index in [1.54, 1.807) is 0 Å². The van der Waals surface area contributed by atoms with E-state index >= 15 is 0 Å². The van der Waals surface area contributed by atoms with Crippen LogP contribution in [-0.4, -0.2) is 53.4 Å². The lowest BCUT2D eigenvalue weighted by molar-refractivity contribution is 0.0969. The summed E-state index contributed by atoms with van der Waals surface area (Å²) in [6.45, 7) is 7.42. The fourth-order valence-electron chi connectivity index (χ4n) is 4.73. The van der Waals surface area contributed by atoms with Gasteiger partial charge in [-0.25, -0.2) is 0 Å². The van der Waals surface area contributed by atoms with Gasteiger partial charge in [-0.15, -0.1) is 0 Å². The van der Waals surface area contributed by atoms with E-state index in [1.807, 2.05) is 0 Å². The summed E-state index contributed by atoms with van der Waals surface area (Å²) < 4.78 is 3.52. The lowest BCUT2D eigenvalue weighted by Gasteiger charge is -2.37. The number of hydrogen-bond donors (Lipinski definition) is 1. The fourth-order valence-corrected chi connectivity index (χ4v) is 5.22. The highest BCUT2D eigenvalue weighted by molar-refractivity contribution is 14.1. The summed E-state index contributed by atoms with van der Waals surface area (Å²) in [5, 5.41) is 13.5. The Morgan fingerprint density at radius 3 is 2.32 bits per heavy atom. The number of aliphatic hydroxyl groups is 1. The number of aromatic nitrogens is 1. The number of anilines is 1. The van der Waals surface area contributed by atoms with E-state index in [0.717, 1.165) is 26.2 Å². The first kappa shape index (κ1) is 20.8. The second-order valence-electron chi connectivity index (χ2n) is 8.57. The van der Waals surface area contributed by atoms with Crippen molar-refractivity contribution in [3.05, 3.63) is 75.9 Å². The first-order chi connectivity index (χ1) is 15.1. The maximum absolute atomic E-state index is 11.0. The summed E-state index contributed by atoms with van der Waals surface area (Å²) in [7, 11) is 0. The van der Waals surface area contributed by atoms with Gasteiger partial charge in [-0.05, 0) is 65.9 Å². The molecule has 0 radical (unpaired) electrons. The Labute approximate surface area is 197 Å². The third-order valence-electron chi connectivity index (χ3n) is 6.37. The zero-order chi connectivity index (χ0) is 21.4. The molecule has 1 fully saturated rings. The van der Waals surface area contributed by atoms with Crippen molar-refractivity contribution in [1.29, 1.82) is 0 Å². The molecule has 1 aliphatic heterocycles. The second-order valence-corrected chi connectivity index (χ2v) is 9.81. The van der Waals surface area contributed by atoms with Crippen LogP contribution >= 0.6 is 22.6 Å². The first-order valence-electron chi connectivity index (χ1n) is 11.0. The summed E-state index contributed by atoms with van der Waals surface area (Å²) in [5.41, 5.74) is 4.99. The highest BCUT2D eigenvalue weighted by atomic mass is 127. The summed E-state index contributed by atoms with van der Waals surface area (Å²) in [6, 6.07) is 23.9. The van der Waals surface area contributed by atoms with E-state index < -0.39 is 6.10 Å². The normalized spacial score (nSPS) is 16.3. The molecule has 1 N–H and O–H groups in total. The number of aryl methyl sites for hydroxylation is 1. The quantitative estimate of drug-likeness (QED) is 0.377. The van der Waals surface area contributed by atoms with Crippen molar-refractivity contribution in [2.45, 2.75) is 19.6 Å². The van der Waals surface area contributed by atoms with Crippen molar-refractivity contribution in [2.24, 2.45) is 0 Å². The fraction of sp³-hybridized carbons (Fsp3) is 0.308. The topological polar surface area (TPSA) is 31.6 Å². The van der Waals surface area contributed by atoms with Crippen LogP contribution < -0.4 is 4.90 Å². The van der Waals surface area contributed by atoms with Gasteiger partial charge in [0.25, 0.3) is 0 Å². The van der Waals surface area contributed by atoms with Gasteiger partial charge in [0.1, 0.15) is 0 Å². The van der Waals surface area contributed by atoms with Crippen LogP contribution in [0.3, 0.4) is 0 Å². The van der Waals surface area contributed by atoms with E-state index in [2.05, 4.69) is 111 Å². The molecule has 5 rings (SSSR count). The highest BCUT2D eigenvalue weighted by Crippen LogP contribution is 2.30. The number of rotatable bonds is 5. The number of benzene rings is 3. The van der Waals surface area contributed by atoms with Gasteiger partial charge in [-0.3, -0.25) is 4.90 Å². The van der Waals surface area contributed by atoms with Gasteiger partial charge < -0.3 is 14.6 Å². The van der Waals surface area contributed by atoms with Crippen LogP contribution in [0.25, 0.3) is 21.8 Å². The molecule has 0 saturated carbocycles. The lowest BCUT2D eigenvalue weighted by Crippen LogP contribution is -2.49. The van der Waals surface area contributed by atoms with Crippen LogP contribution in [-0.2, 0) is 6.54 Å². The molecule has 1 atom stereocenters. The molecule has 2 heterocycles. The minimum atomic E-state index is -0.399. The number of fused-ring (bicyclic) bond motifs is 3. The summed E-state index contributed by atoms with van der Waals surface area (Å²) in [5.74, 6) is 0. The van der Waals surface area contributed by atoms with Gasteiger partial charge in [0.15, 0.2) is 0 Å². The van der Waals surface area contributed by atoms with Gasteiger partial charge in [0.05, 0.1) is 12.6 Å². The summed E-state index contributed by atoms with van der Waals surface area (Å²) in [4.78, 5) is 4.84. The predicted molar refractivity (Wildman–Crippen MR) is 138 cm³/mol. The Bertz CT molecular complexity index is 1190. The van der Waals surface area contributed by atoms with Crippen molar-refractivity contribution >= 4 is 50.1 Å². The molecule has 4 aromatic rings. The summed E-state index contributed by atoms with van der Waals surface area (Å²) in [6.07, 6.45) is -0.399. The lowest BCUT2D eigenvalue weighted by atomic mass is 10.2. The number of halogens is 1. The van der Waals surface area contributed by atoms with Crippen molar-refractivity contribution in [3.8, 4) is 0 Å². The standard InChI is InChI=1S/C26H28IN3O/c1-19-6-9-21(10-7-19)29-14-12-28(13-15-29)17-22(31)18-30-25-5-3-2-4-23(25)24-16-20(27)8-11-26(24)30/h2-11,16,22,31H,12-15,17-18H2,1H3/t22-/m1/s1. The molecule has 1 saturated heterocycles. The maximum Gasteiger partial charge on any atom is 0.0845 e. The Morgan fingerprint density at radius 1 is 0.839 bits per heavy atom. The molecule has 0 spiro atoms. The van der Waals surface area contributed by atoms with Crippen molar-refractivity contribution in [2.75, 3.05) is 37.6 Å². The average Bonchev–Trinajstić information content (AvgIpc) is 3.08. The van der Waals surface area contributed by atoms with E-state index in [4.69, 9.17) is 0 Å². The Morgan fingerprint density at radius 2 is 1.55 bits per heavy atom. The number of β-amino-alcohol motifs (C(OH)–C–C–N with tert-alkyl or cyclic N) is 1. The molecule has 1 aliphatic rings. The van der Waals surface area contributed by atoms with Crippen molar-refractivity contribution < 1.29 is 5.11 Å². The van der Waals surface area contributed by atoms with Crippen LogP contribution in [0.1, 0.15) is 5.56 Å². The average molecular weight is 525 g/mol. The summed E-state index contributed by atoms with van der Waals surface area (Å²) >= 11 is 2.37. The second kappa shape index (κ2) is 8.81. The van der Waals surface area contributed by atoms with Crippen LogP contribution in [0.2, 0.25) is 0 Å². The van der Waals surface area contributed by atoms with Crippen LogP contribution in [0.5, 0.6) is 0 Å². The number of para-hydroxylation sites is 1. The van der Waals surface area contributed by atoms with Gasteiger partial charge in [0, 0.05) is 63.8 Å². The van der Waals surface area contributed by atoms with E-state index in [-0.39, 0.29) is 0 Å². The van der Waals surface area contributed by atoms with E-state index in [0.29, 0.717) is 13.1 Å². The molecule has 3 aromatic carbocycles. The third-order valence-corrected chi connectivity index (χ3v) is 7.04. The largest absolute Gasteiger partial charge is 0.390 e. The number of nitrogens with zero attached hydrogens (tertiary/aromatic N) is 3. The first-order valence-corrected chi connectivity index (χ1v) is 12.0. The van der Waals surface area contributed by atoms with Crippen molar-refractivity contribution in [3.63, 3.8) is 0 Å². The molecule has 160 valence electrons. The molecule has 0 aliphatic carbocycles. The van der Waals surface area contributed by atoms with Gasteiger partial charge in [-0.2, -0.15) is 0 Å². The number of piperazine rings is 1. The molecule has 5 heteroatoms. The molecule has 0 amide bonds. The molecular formula is C26H28IN3O. The third kappa shape index (κ3) is 4.31. The monoisotopic (exact) mass is 525 g/mol. The molecule has 0 bridgehead atoms. The number of aliphatic hydroxyl groups excluding tert-OH is 1. The van der Waals surface area contributed by atoms with Gasteiger partial charge in [0.2, 0.25) is 0 Å². The van der Waals surface area contributed by atoms with E-state index in [9.17, 15) is 5.11 Å². The van der Waals surface area contributed by atoms with Crippen LogP contribution in [0.15, 0.2) is 66.7 Å². The van der Waals surface area contributed by atoms with Crippen LogP contribution in [0.4, 0.5) is 5.69 Å². The number of hydrogen-bond acceptors (Lipinski definition) is 3. The Hall–Kier alpha value is -2.09. The molecular weight excluding hydrogens is 497 g/mol. The SMILES string of the molecule is Cc1ccc(N2CCN(C[C@@H](O)Cn3c4ccccc4c4cc(I)ccc43)CC2)cc1. The van der Waals surface area contributed by atoms with Gasteiger partial charge >= 0.3 is 0 Å². The minimum Gasteiger partial charge on any atom is -0.390 e. The smallest absolute Gasteiger partial charge is 0.0845 e. The molecule has 4 nitrogen and oxygen atoms in total. The van der Waals surface area contributed by atoms with Crippen LogP contribution in [0, 0.1) is 10.5 Å². The molecule has 1 aromatic heterocycles. The predicted octanol–water partition coefficient (Wildman–Crippen LogP) is 4.89. The zero-order valence-corrected chi connectivity index (χ0v) is 20.0. The van der Waals surface area contributed by atoms with E-state index in [1.165, 1.54) is 36.6 Å². The Kier molecular flexibility index (Phi) is 5.91. The minimum absolute atomic E-state index is 0.399. The highest BCUT2D eigenvalue weighted by Gasteiger charge is 2.21. The van der Waals surface area contributed by atoms with Gasteiger partial charge in [-0.1, -0.05) is 35.9 Å².